The summed E-state index contributed by atoms with van der Waals surface area (Å²) in [6, 6.07) is 34.2. The van der Waals surface area contributed by atoms with Crippen LogP contribution < -0.4 is 15.4 Å². The zero-order chi connectivity index (χ0) is 33.1. The number of rotatable bonds is 13. The molecule has 5 rings (SSSR count). The number of benzene rings is 4. The molecular formula is C37H42N4O4S2. The highest BCUT2D eigenvalue weighted by Crippen LogP contribution is 2.30. The summed E-state index contributed by atoms with van der Waals surface area (Å²) in [4.78, 5) is 15.5. The minimum Gasteiger partial charge on any atom is -0.493 e. The Kier molecular flexibility index (Phi) is 12.1. The minimum absolute atomic E-state index is 0.0495. The van der Waals surface area contributed by atoms with Crippen LogP contribution in [0.1, 0.15) is 60.1 Å². The van der Waals surface area contributed by atoms with Crippen molar-refractivity contribution in [3.05, 3.63) is 126 Å². The molecule has 0 spiro atoms. The summed E-state index contributed by atoms with van der Waals surface area (Å²) in [5, 5.41) is 5.78. The van der Waals surface area contributed by atoms with E-state index in [0.29, 0.717) is 49.8 Å². The second kappa shape index (κ2) is 16.6. The topological polar surface area (TPSA) is 91.0 Å². The van der Waals surface area contributed by atoms with Crippen molar-refractivity contribution in [1.29, 1.82) is 0 Å². The number of ether oxygens (including phenoxy) is 1. The lowest BCUT2D eigenvalue weighted by Crippen LogP contribution is -2.49. The normalized spacial score (nSPS) is 14.1. The molecule has 4 aromatic carbocycles. The van der Waals surface area contributed by atoms with Gasteiger partial charge < -0.3 is 10.1 Å². The van der Waals surface area contributed by atoms with E-state index in [-0.39, 0.29) is 22.0 Å². The molecule has 1 aliphatic rings. The number of anilines is 1. The van der Waals surface area contributed by atoms with Gasteiger partial charge in [-0.3, -0.25) is 15.0 Å². The van der Waals surface area contributed by atoms with Crippen molar-refractivity contribution in [1.82, 2.24) is 14.5 Å². The maximum atomic E-state index is 13.6. The standard InChI is InChI=1S/C37H42N4O4S2/c1-2-3-4-13-28-45-34-19-12-11-18-33(34)36(42)39-37(46)38-31-20-22-32(23-21-31)47(43,44)41-26-24-40(25-27-41)35(29-14-7-5-8-15-29)30-16-9-6-10-17-30/h5-12,14-23,35H,2-4,13,24-28H2,1H3,(H2,38,39,42,46). The quantitative estimate of drug-likeness (QED) is 0.119. The van der Waals surface area contributed by atoms with E-state index in [4.69, 9.17) is 17.0 Å². The number of unbranched alkanes of at least 4 members (excludes halogenated alkanes) is 3. The Morgan fingerprint density at radius 2 is 1.38 bits per heavy atom. The highest BCUT2D eigenvalue weighted by molar-refractivity contribution is 7.89. The number of thiocarbonyl (C=S) groups is 1. The first-order valence-electron chi connectivity index (χ1n) is 16.1. The first kappa shape index (κ1) is 34.3. The number of amides is 1. The number of piperazine rings is 1. The van der Waals surface area contributed by atoms with Crippen LogP contribution >= 0.6 is 12.2 Å². The van der Waals surface area contributed by atoms with Crippen molar-refractivity contribution < 1.29 is 17.9 Å². The Hall–Kier alpha value is -4.09. The summed E-state index contributed by atoms with van der Waals surface area (Å²) < 4.78 is 34.6. The predicted molar refractivity (Wildman–Crippen MR) is 191 cm³/mol. The number of para-hydroxylation sites is 1. The number of nitrogens with zero attached hydrogens (tertiary/aromatic N) is 2. The van der Waals surface area contributed by atoms with Gasteiger partial charge in [-0.2, -0.15) is 4.31 Å². The molecule has 1 saturated heterocycles. The Balaban J connectivity index is 1.16. The maximum Gasteiger partial charge on any atom is 0.261 e. The molecule has 0 atom stereocenters. The van der Waals surface area contributed by atoms with Gasteiger partial charge in [-0.05, 0) is 66.2 Å². The number of nitrogens with one attached hydrogen (secondary N) is 2. The smallest absolute Gasteiger partial charge is 0.261 e. The third-order valence-electron chi connectivity index (χ3n) is 8.23. The Bertz CT molecular complexity index is 1670. The minimum atomic E-state index is -3.70. The van der Waals surface area contributed by atoms with Gasteiger partial charge >= 0.3 is 0 Å². The average Bonchev–Trinajstić information content (AvgIpc) is 3.10. The molecule has 1 amide bonds. The summed E-state index contributed by atoms with van der Waals surface area (Å²) in [6.45, 7) is 4.68. The van der Waals surface area contributed by atoms with E-state index in [1.807, 2.05) is 42.5 Å². The molecule has 0 aromatic heterocycles. The number of hydrogen-bond acceptors (Lipinski definition) is 6. The molecule has 10 heteroatoms. The van der Waals surface area contributed by atoms with E-state index in [1.54, 1.807) is 46.8 Å². The van der Waals surface area contributed by atoms with E-state index >= 15 is 0 Å². The monoisotopic (exact) mass is 670 g/mol. The Morgan fingerprint density at radius 1 is 0.787 bits per heavy atom. The zero-order valence-electron chi connectivity index (χ0n) is 26.7. The summed E-state index contributed by atoms with van der Waals surface area (Å²) in [5.74, 6) is 0.127. The van der Waals surface area contributed by atoms with Gasteiger partial charge in [-0.25, -0.2) is 8.42 Å². The highest BCUT2D eigenvalue weighted by atomic mass is 32.2. The second-order valence-corrected chi connectivity index (χ2v) is 13.8. The van der Waals surface area contributed by atoms with Crippen LogP contribution in [-0.2, 0) is 10.0 Å². The zero-order valence-corrected chi connectivity index (χ0v) is 28.3. The highest BCUT2D eigenvalue weighted by Gasteiger charge is 2.32. The van der Waals surface area contributed by atoms with Crippen LogP contribution in [0, 0.1) is 0 Å². The third kappa shape index (κ3) is 9.04. The van der Waals surface area contributed by atoms with Gasteiger partial charge in [0.2, 0.25) is 10.0 Å². The first-order valence-corrected chi connectivity index (χ1v) is 18.0. The maximum absolute atomic E-state index is 13.6. The summed E-state index contributed by atoms with van der Waals surface area (Å²) >= 11 is 5.39. The molecule has 0 aliphatic carbocycles. The van der Waals surface area contributed by atoms with Crippen molar-refractivity contribution in [3.63, 3.8) is 0 Å². The van der Waals surface area contributed by atoms with Gasteiger partial charge in [-0.1, -0.05) is 99.0 Å². The van der Waals surface area contributed by atoms with Crippen molar-refractivity contribution in [2.45, 2.75) is 43.5 Å². The van der Waals surface area contributed by atoms with Gasteiger partial charge in [-0.15, -0.1) is 0 Å². The second-order valence-electron chi connectivity index (χ2n) is 11.5. The fraction of sp³-hybridized carbons (Fsp3) is 0.297. The van der Waals surface area contributed by atoms with Crippen LogP contribution in [0.3, 0.4) is 0 Å². The molecule has 0 unspecified atom stereocenters. The van der Waals surface area contributed by atoms with Crippen LogP contribution in [0.2, 0.25) is 0 Å². The van der Waals surface area contributed by atoms with Crippen LogP contribution in [0.15, 0.2) is 114 Å². The lowest BCUT2D eigenvalue weighted by Gasteiger charge is -2.39. The molecule has 4 aromatic rings. The van der Waals surface area contributed by atoms with Crippen molar-refractivity contribution >= 4 is 38.9 Å². The molecule has 2 N–H and O–H groups in total. The van der Waals surface area contributed by atoms with Crippen LogP contribution in [-0.4, -0.2) is 61.4 Å². The summed E-state index contributed by atoms with van der Waals surface area (Å²) in [5.41, 5.74) is 3.32. The van der Waals surface area contributed by atoms with Crippen LogP contribution in [0.4, 0.5) is 5.69 Å². The lowest BCUT2D eigenvalue weighted by molar-refractivity contribution is 0.0973. The average molecular weight is 671 g/mol. The molecule has 0 saturated carbocycles. The van der Waals surface area contributed by atoms with E-state index < -0.39 is 10.0 Å². The van der Waals surface area contributed by atoms with Crippen LogP contribution in [0.25, 0.3) is 0 Å². The van der Waals surface area contributed by atoms with E-state index in [0.717, 1.165) is 25.7 Å². The van der Waals surface area contributed by atoms with Crippen molar-refractivity contribution in [3.8, 4) is 5.75 Å². The number of carbonyl (C=O) groups is 1. The molecule has 1 fully saturated rings. The molecule has 1 aliphatic heterocycles. The van der Waals surface area contributed by atoms with Gasteiger partial charge in [0, 0.05) is 31.9 Å². The lowest BCUT2D eigenvalue weighted by atomic mass is 9.96. The van der Waals surface area contributed by atoms with Crippen molar-refractivity contribution in [2.24, 2.45) is 0 Å². The molecule has 0 bridgehead atoms. The summed E-state index contributed by atoms with van der Waals surface area (Å²) in [6.07, 6.45) is 4.30. The van der Waals surface area contributed by atoms with E-state index in [2.05, 4.69) is 46.7 Å². The van der Waals surface area contributed by atoms with Gasteiger partial charge in [0.25, 0.3) is 5.91 Å². The molecular weight excluding hydrogens is 629 g/mol. The molecule has 8 nitrogen and oxygen atoms in total. The predicted octanol–water partition coefficient (Wildman–Crippen LogP) is 6.87. The molecule has 1 heterocycles. The van der Waals surface area contributed by atoms with Crippen molar-refractivity contribution in [2.75, 3.05) is 38.1 Å². The number of sulfonamides is 1. The molecule has 246 valence electrons. The van der Waals surface area contributed by atoms with Crippen LogP contribution in [0.5, 0.6) is 5.75 Å². The Labute approximate surface area is 283 Å². The fourth-order valence-electron chi connectivity index (χ4n) is 5.77. The van der Waals surface area contributed by atoms with Gasteiger partial charge in [0.15, 0.2) is 5.11 Å². The summed E-state index contributed by atoms with van der Waals surface area (Å²) in [7, 11) is -3.70. The van der Waals surface area contributed by atoms with E-state index in [9.17, 15) is 13.2 Å². The van der Waals surface area contributed by atoms with E-state index in [1.165, 1.54) is 11.1 Å². The molecule has 47 heavy (non-hydrogen) atoms. The largest absolute Gasteiger partial charge is 0.493 e. The number of hydrogen-bond donors (Lipinski definition) is 2. The first-order chi connectivity index (χ1) is 22.9. The molecule has 0 radical (unpaired) electrons. The Morgan fingerprint density at radius 3 is 2.00 bits per heavy atom. The third-order valence-corrected chi connectivity index (χ3v) is 10.4. The fourth-order valence-corrected chi connectivity index (χ4v) is 7.40. The SMILES string of the molecule is CCCCCCOc1ccccc1C(=O)NC(=S)Nc1ccc(S(=O)(=O)N2CCN(C(c3ccccc3)c3ccccc3)CC2)cc1. The van der Waals surface area contributed by atoms with Gasteiger partial charge in [0.1, 0.15) is 5.75 Å². The number of carbonyl (C=O) groups excluding carboxylic acids is 1. The van der Waals surface area contributed by atoms with Gasteiger partial charge in [0.05, 0.1) is 23.1 Å².